The molecule has 0 bridgehead atoms. The van der Waals surface area contributed by atoms with Crippen LogP contribution in [0.2, 0.25) is 0 Å². The van der Waals surface area contributed by atoms with E-state index >= 15 is 0 Å². The van der Waals surface area contributed by atoms with Crippen LogP contribution >= 0.6 is 0 Å². The second kappa shape index (κ2) is 8.25. The topological polar surface area (TPSA) is 33.7 Å². The molecule has 1 aliphatic rings. The van der Waals surface area contributed by atoms with E-state index < -0.39 is 0 Å². The number of nitrogens with one attached hydrogen (secondary N) is 1. The molecule has 21 heavy (non-hydrogen) atoms. The number of methoxy groups -OCH3 is 2. The highest BCUT2D eigenvalue weighted by Crippen LogP contribution is 2.23. The maximum absolute atomic E-state index is 5.41. The van der Waals surface area contributed by atoms with Gasteiger partial charge in [0, 0.05) is 18.7 Å². The molecule has 1 aromatic rings. The van der Waals surface area contributed by atoms with E-state index in [2.05, 4.69) is 17.1 Å². The number of ether oxygens (including phenoxy) is 2. The summed E-state index contributed by atoms with van der Waals surface area (Å²) >= 11 is 0. The SMILES string of the molecule is COc1ccc(OC)c(CNCC(C)CN2CCCC2)c1. The van der Waals surface area contributed by atoms with E-state index in [0.29, 0.717) is 5.92 Å². The summed E-state index contributed by atoms with van der Waals surface area (Å²) in [6.45, 7) is 7.89. The molecule has 1 heterocycles. The lowest BCUT2D eigenvalue weighted by Crippen LogP contribution is -2.31. The molecule has 1 unspecified atom stereocenters. The molecule has 0 saturated carbocycles. The van der Waals surface area contributed by atoms with Gasteiger partial charge >= 0.3 is 0 Å². The van der Waals surface area contributed by atoms with Crippen LogP contribution in [0.25, 0.3) is 0 Å². The average Bonchev–Trinajstić information content (AvgIpc) is 3.00. The Labute approximate surface area is 128 Å². The Morgan fingerprint density at radius 3 is 2.62 bits per heavy atom. The molecular formula is C17H28N2O2. The maximum Gasteiger partial charge on any atom is 0.123 e. The second-order valence-electron chi connectivity index (χ2n) is 5.92. The van der Waals surface area contributed by atoms with Gasteiger partial charge < -0.3 is 19.7 Å². The van der Waals surface area contributed by atoms with Crippen molar-refractivity contribution in [1.29, 1.82) is 0 Å². The van der Waals surface area contributed by atoms with Gasteiger partial charge in [-0.3, -0.25) is 0 Å². The van der Waals surface area contributed by atoms with E-state index in [-0.39, 0.29) is 0 Å². The van der Waals surface area contributed by atoms with Crippen molar-refractivity contribution in [3.8, 4) is 11.5 Å². The van der Waals surface area contributed by atoms with Crippen LogP contribution < -0.4 is 14.8 Å². The van der Waals surface area contributed by atoms with Gasteiger partial charge in [-0.25, -0.2) is 0 Å². The van der Waals surface area contributed by atoms with Crippen LogP contribution in [0.3, 0.4) is 0 Å². The lowest BCUT2D eigenvalue weighted by Gasteiger charge is -2.20. The summed E-state index contributed by atoms with van der Waals surface area (Å²) < 4.78 is 10.7. The van der Waals surface area contributed by atoms with E-state index in [0.717, 1.165) is 30.2 Å². The largest absolute Gasteiger partial charge is 0.497 e. The van der Waals surface area contributed by atoms with Gasteiger partial charge in [-0.05, 0) is 56.6 Å². The highest BCUT2D eigenvalue weighted by atomic mass is 16.5. The van der Waals surface area contributed by atoms with Crippen LogP contribution in [-0.2, 0) is 6.54 Å². The van der Waals surface area contributed by atoms with Crippen LogP contribution in [0.4, 0.5) is 0 Å². The molecule has 4 heteroatoms. The summed E-state index contributed by atoms with van der Waals surface area (Å²) in [6.07, 6.45) is 2.72. The van der Waals surface area contributed by atoms with Crippen molar-refractivity contribution in [3.05, 3.63) is 23.8 Å². The van der Waals surface area contributed by atoms with Crippen molar-refractivity contribution in [1.82, 2.24) is 10.2 Å². The Morgan fingerprint density at radius 1 is 1.19 bits per heavy atom. The van der Waals surface area contributed by atoms with Gasteiger partial charge in [0.2, 0.25) is 0 Å². The van der Waals surface area contributed by atoms with E-state index in [1.54, 1.807) is 14.2 Å². The van der Waals surface area contributed by atoms with Crippen molar-refractivity contribution < 1.29 is 9.47 Å². The highest BCUT2D eigenvalue weighted by molar-refractivity contribution is 5.40. The van der Waals surface area contributed by atoms with Crippen molar-refractivity contribution in [2.24, 2.45) is 5.92 Å². The molecule has 0 amide bonds. The molecule has 0 spiro atoms. The van der Waals surface area contributed by atoms with E-state index in [9.17, 15) is 0 Å². The van der Waals surface area contributed by atoms with E-state index in [1.165, 1.54) is 32.5 Å². The number of hydrogen-bond donors (Lipinski definition) is 1. The third kappa shape index (κ3) is 4.90. The Balaban J connectivity index is 1.79. The minimum Gasteiger partial charge on any atom is -0.497 e. The minimum atomic E-state index is 0.666. The third-order valence-corrected chi connectivity index (χ3v) is 4.06. The molecule has 1 atom stereocenters. The summed E-state index contributed by atoms with van der Waals surface area (Å²) in [7, 11) is 3.40. The summed E-state index contributed by atoms with van der Waals surface area (Å²) in [5, 5.41) is 3.54. The van der Waals surface area contributed by atoms with E-state index in [4.69, 9.17) is 9.47 Å². The summed E-state index contributed by atoms with van der Waals surface area (Å²) in [5.74, 6) is 2.45. The molecule has 0 aliphatic carbocycles. The van der Waals surface area contributed by atoms with Gasteiger partial charge in [0.1, 0.15) is 11.5 Å². The molecule has 1 fully saturated rings. The number of benzene rings is 1. The Morgan fingerprint density at radius 2 is 1.95 bits per heavy atom. The molecule has 2 rings (SSSR count). The van der Waals surface area contributed by atoms with E-state index in [1.807, 2.05) is 18.2 Å². The van der Waals surface area contributed by atoms with Gasteiger partial charge in [-0.2, -0.15) is 0 Å². The van der Waals surface area contributed by atoms with Gasteiger partial charge in [0.15, 0.2) is 0 Å². The Bertz CT molecular complexity index is 431. The predicted octanol–water partition coefficient (Wildman–Crippen LogP) is 2.53. The molecule has 1 N–H and O–H groups in total. The molecule has 118 valence electrons. The zero-order chi connectivity index (χ0) is 15.1. The fraction of sp³-hybridized carbons (Fsp3) is 0.647. The molecule has 4 nitrogen and oxygen atoms in total. The molecule has 1 aliphatic heterocycles. The summed E-state index contributed by atoms with van der Waals surface area (Å²) in [5.41, 5.74) is 1.14. The second-order valence-corrected chi connectivity index (χ2v) is 5.92. The zero-order valence-electron chi connectivity index (χ0n) is 13.5. The quantitative estimate of drug-likeness (QED) is 0.798. The lowest BCUT2D eigenvalue weighted by atomic mass is 10.1. The third-order valence-electron chi connectivity index (χ3n) is 4.06. The van der Waals surface area contributed by atoms with Gasteiger partial charge in [0.05, 0.1) is 14.2 Å². The predicted molar refractivity (Wildman–Crippen MR) is 86.1 cm³/mol. The monoisotopic (exact) mass is 292 g/mol. The van der Waals surface area contributed by atoms with Crippen LogP contribution in [0, 0.1) is 5.92 Å². The standard InChI is InChI=1S/C17H28N2O2/c1-14(13-19-8-4-5-9-19)11-18-12-15-10-16(20-2)6-7-17(15)21-3/h6-7,10,14,18H,4-5,8-9,11-13H2,1-3H3. The van der Waals surface area contributed by atoms with Crippen molar-refractivity contribution >= 4 is 0 Å². The summed E-state index contributed by atoms with van der Waals surface area (Å²) in [6, 6.07) is 5.93. The Hall–Kier alpha value is -1.26. The van der Waals surface area contributed by atoms with Crippen LogP contribution in [0.5, 0.6) is 11.5 Å². The number of nitrogens with zero attached hydrogens (tertiary/aromatic N) is 1. The molecule has 0 aromatic heterocycles. The van der Waals surface area contributed by atoms with Crippen molar-refractivity contribution in [3.63, 3.8) is 0 Å². The van der Waals surface area contributed by atoms with Crippen LogP contribution in [0.15, 0.2) is 18.2 Å². The summed E-state index contributed by atoms with van der Waals surface area (Å²) in [4.78, 5) is 2.57. The smallest absolute Gasteiger partial charge is 0.123 e. The first kappa shape index (κ1) is 16.1. The fourth-order valence-corrected chi connectivity index (χ4v) is 2.94. The van der Waals surface area contributed by atoms with Crippen molar-refractivity contribution in [2.45, 2.75) is 26.3 Å². The highest BCUT2D eigenvalue weighted by Gasteiger charge is 2.14. The van der Waals surface area contributed by atoms with Gasteiger partial charge in [-0.15, -0.1) is 0 Å². The van der Waals surface area contributed by atoms with Crippen LogP contribution in [0.1, 0.15) is 25.3 Å². The average molecular weight is 292 g/mol. The number of likely N-dealkylation sites (tertiary alicyclic amines) is 1. The lowest BCUT2D eigenvalue weighted by molar-refractivity contribution is 0.282. The molecular weight excluding hydrogens is 264 g/mol. The molecule has 1 saturated heterocycles. The first-order valence-electron chi connectivity index (χ1n) is 7.87. The fourth-order valence-electron chi connectivity index (χ4n) is 2.94. The Kier molecular flexibility index (Phi) is 6.33. The van der Waals surface area contributed by atoms with Crippen molar-refractivity contribution in [2.75, 3.05) is 40.4 Å². The zero-order valence-corrected chi connectivity index (χ0v) is 13.5. The molecule has 1 aromatic carbocycles. The van der Waals surface area contributed by atoms with Crippen LogP contribution in [-0.4, -0.2) is 45.3 Å². The van der Waals surface area contributed by atoms with Gasteiger partial charge in [0.25, 0.3) is 0 Å². The normalized spacial score (nSPS) is 16.9. The number of hydrogen-bond acceptors (Lipinski definition) is 4. The molecule has 0 radical (unpaired) electrons. The van der Waals surface area contributed by atoms with Gasteiger partial charge in [-0.1, -0.05) is 6.92 Å². The maximum atomic E-state index is 5.41. The number of rotatable bonds is 8. The first-order chi connectivity index (χ1) is 10.2. The minimum absolute atomic E-state index is 0.666. The first-order valence-corrected chi connectivity index (χ1v) is 7.87.